The van der Waals surface area contributed by atoms with E-state index in [0.29, 0.717) is 13.0 Å². The van der Waals surface area contributed by atoms with Crippen molar-refractivity contribution in [1.82, 2.24) is 0 Å². The normalized spacial score (nSPS) is 11.9. The first kappa shape index (κ1) is 15.9. The minimum atomic E-state index is -1.21. The molecule has 0 radical (unpaired) electrons. The third kappa shape index (κ3) is 4.20. The van der Waals surface area contributed by atoms with Crippen molar-refractivity contribution < 1.29 is 19.9 Å². The molecule has 1 rings (SSSR count). The number of nitro groups is 1. The number of para-hydroxylation sites is 1. The van der Waals surface area contributed by atoms with Gasteiger partial charge in [-0.2, -0.15) is 0 Å². The highest BCUT2D eigenvalue weighted by Gasteiger charge is 2.20. The SMILES string of the molecule is CC(CO)CCCNc1c(C(=O)O)cccc1[N+](=O)[O-]. The largest absolute Gasteiger partial charge is 0.478 e. The van der Waals surface area contributed by atoms with Crippen LogP contribution in [0.15, 0.2) is 18.2 Å². The molecule has 1 aromatic carbocycles. The van der Waals surface area contributed by atoms with Gasteiger partial charge in [0.25, 0.3) is 5.69 Å². The molecule has 1 aromatic rings. The second-order valence-corrected chi connectivity index (χ2v) is 4.62. The van der Waals surface area contributed by atoms with Gasteiger partial charge in [0.05, 0.1) is 10.5 Å². The number of carboxylic acid groups (broad SMARTS) is 1. The van der Waals surface area contributed by atoms with Crippen molar-refractivity contribution in [2.45, 2.75) is 19.8 Å². The molecule has 0 aliphatic carbocycles. The van der Waals surface area contributed by atoms with E-state index in [4.69, 9.17) is 10.2 Å². The Kier molecular flexibility index (Phi) is 5.92. The Morgan fingerprint density at radius 2 is 2.20 bits per heavy atom. The molecule has 0 heterocycles. The van der Waals surface area contributed by atoms with Gasteiger partial charge >= 0.3 is 5.97 Å². The fraction of sp³-hybridized carbons (Fsp3) is 0.462. The number of hydrogen-bond acceptors (Lipinski definition) is 5. The van der Waals surface area contributed by atoms with Crippen LogP contribution in [0, 0.1) is 16.0 Å². The number of carboxylic acids is 1. The summed E-state index contributed by atoms with van der Waals surface area (Å²) in [7, 11) is 0. The third-order valence-corrected chi connectivity index (χ3v) is 2.96. The maximum absolute atomic E-state index is 11.1. The van der Waals surface area contributed by atoms with E-state index < -0.39 is 10.9 Å². The Bertz CT molecular complexity index is 457. The molecular weight excluding hydrogens is 264 g/mol. The lowest BCUT2D eigenvalue weighted by Crippen LogP contribution is -2.11. The summed E-state index contributed by atoms with van der Waals surface area (Å²) < 4.78 is 0. The first-order valence-electron chi connectivity index (χ1n) is 6.32. The molecular formula is C13H18N2O5. The van der Waals surface area contributed by atoms with Crippen molar-refractivity contribution in [3.05, 3.63) is 33.9 Å². The predicted octanol–water partition coefficient (Wildman–Crippen LogP) is 2.11. The Morgan fingerprint density at radius 1 is 1.50 bits per heavy atom. The maximum Gasteiger partial charge on any atom is 0.338 e. The summed E-state index contributed by atoms with van der Waals surface area (Å²) in [6.07, 6.45) is 1.44. The van der Waals surface area contributed by atoms with Gasteiger partial charge in [0.15, 0.2) is 0 Å². The van der Waals surface area contributed by atoms with E-state index in [9.17, 15) is 14.9 Å². The summed E-state index contributed by atoms with van der Waals surface area (Å²) in [5.74, 6) is -1.05. The van der Waals surface area contributed by atoms with Crippen LogP contribution in [0.3, 0.4) is 0 Å². The number of aliphatic hydroxyl groups excluding tert-OH is 1. The monoisotopic (exact) mass is 282 g/mol. The van der Waals surface area contributed by atoms with Crippen molar-refractivity contribution in [2.75, 3.05) is 18.5 Å². The van der Waals surface area contributed by atoms with Crippen LogP contribution in [0.5, 0.6) is 0 Å². The molecule has 0 amide bonds. The van der Waals surface area contributed by atoms with E-state index in [-0.39, 0.29) is 29.5 Å². The smallest absolute Gasteiger partial charge is 0.338 e. The molecule has 0 aromatic heterocycles. The lowest BCUT2D eigenvalue weighted by Gasteiger charge is -2.11. The summed E-state index contributed by atoms with van der Waals surface area (Å²) >= 11 is 0. The highest BCUT2D eigenvalue weighted by atomic mass is 16.6. The van der Waals surface area contributed by atoms with Crippen LogP contribution in [0.2, 0.25) is 0 Å². The molecule has 3 N–H and O–H groups in total. The topological polar surface area (TPSA) is 113 Å². The highest BCUT2D eigenvalue weighted by Crippen LogP contribution is 2.28. The van der Waals surface area contributed by atoms with Gasteiger partial charge in [-0.05, 0) is 24.8 Å². The molecule has 1 atom stereocenters. The van der Waals surface area contributed by atoms with E-state index >= 15 is 0 Å². The minimum Gasteiger partial charge on any atom is -0.478 e. The van der Waals surface area contributed by atoms with Gasteiger partial charge in [0.2, 0.25) is 0 Å². The van der Waals surface area contributed by atoms with Crippen molar-refractivity contribution >= 4 is 17.3 Å². The van der Waals surface area contributed by atoms with Gasteiger partial charge < -0.3 is 15.5 Å². The number of carbonyl (C=O) groups is 1. The number of anilines is 1. The van der Waals surface area contributed by atoms with Gasteiger partial charge in [-0.15, -0.1) is 0 Å². The minimum absolute atomic E-state index is 0.0293. The summed E-state index contributed by atoms with van der Waals surface area (Å²) in [5, 5.41) is 31.7. The van der Waals surface area contributed by atoms with E-state index in [0.717, 1.165) is 6.42 Å². The van der Waals surface area contributed by atoms with Crippen molar-refractivity contribution in [2.24, 2.45) is 5.92 Å². The molecule has 0 aliphatic heterocycles. The molecule has 0 aliphatic rings. The van der Waals surface area contributed by atoms with Crippen molar-refractivity contribution in [3.8, 4) is 0 Å². The fourth-order valence-electron chi connectivity index (χ4n) is 1.81. The molecule has 20 heavy (non-hydrogen) atoms. The van der Waals surface area contributed by atoms with Crippen LogP contribution in [0.4, 0.5) is 11.4 Å². The zero-order valence-corrected chi connectivity index (χ0v) is 11.2. The van der Waals surface area contributed by atoms with E-state index in [1.54, 1.807) is 0 Å². The lowest BCUT2D eigenvalue weighted by molar-refractivity contribution is -0.384. The lowest BCUT2D eigenvalue weighted by atomic mass is 10.1. The molecule has 0 saturated heterocycles. The highest BCUT2D eigenvalue weighted by molar-refractivity contribution is 5.96. The maximum atomic E-state index is 11.1. The van der Waals surface area contributed by atoms with Crippen molar-refractivity contribution in [1.29, 1.82) is 0 Å². The quantitative estimate of drug-likeness (QED) is 0.382. The van der Waals surface area contributed by atoms with E-state index in [1.165, 1.54) is 18.2 Å². The van der Waals surface area contributed by atoms with Gasteiger partial charge in [-0.3, -0.25) is 10.1 Å². The molecule has 0 bridgehead atoms. The standard InChI is InChI=1S/C13H18N2O5/c1-9(8-16)4-3-7-14-12-10(13(17)18)5-2-6-11(12)15(19)20/h2,5-6,9,14,16H,3-4,7-8H2,1H3,(H,17,18). The first-order chi connectivity index (χ1) is 9.47. The number of rotatable bonds is 8. The third-order valence-electron chi connectivity index (χ3n) is 2.96. The molecule has 7 heteroatoms. The van der Waals surface area contributed by atoms with Gasteiger partial charge in [-0.1, -0.05) is 13.0 Å². The number of hydrogen-bond donors (Lipinski definition) is 3. The first-order valence-corrected chi connectivity index (χ1v) is 6.32. The Balaban J connectivity index is 2.81. The van der Waals surface area contributed by atoms with Crippen LogP contribution >= 0.6 is 0 Å². The molecule has 1 unspecified atom stereocenters. The number of nitrogens with zero attached hydrogens (tertiary/aromatic N) is 1. The number of benzene rings is 1. The Morgan fingerprint density at radius 3 is 2.75 bits per heavy atom. The molecule has 7 nitrogen and oxygen atoms in total. The van der Waals surface area contributed by atoms with Crippen LogP contribution < -0.4 is 5.32 Å². The van der Waals surface area contributed by atoms with Crippen LogP contribution in [0.25, 0.3) is 0 Å². The summed E-state index contributed by atoms with van der Waals surface area (Å²) in [6.45, 7) is 2.40. The molecule has 0 spiro atoms. The average Bonchev–Trinajstić information content (AvgIpc) is 2.42. The summed E-state index contributed by atoms with van der Waals surface area (Å²) in [4.78, 5) is 21.4. The van der Waals surface area contributed by atoms with Gasteiger partial charge in [-0.25, -0.2) is 4.79 Å². The van der Waals surface area contributed by atoms with E-state index in [2.05, 4.69) is 5.32 Å². The fourth-order valence-corrected chi connectivity index (χ4v) is 1.81. The Hall–Kier alpha value is -2.15. The zero-order valence-electron chi connectivity index (χ0n) is 11.2. The second kappa shape index (κ2) is 7.44. The van der Waals surface area contributed by atoms with Gasteiger partial charge in [0.1, 0.15) is 5.69 Å². The Labute approximate surface area is 116 Å². The second-order valence-electron chi connectivity index (χ2n) is 4.62. The average molecular weight is 282 g/mol. The summed E-state index contributed by atoms with van der Waals surface area (Å²) in [5.41, 5.74) is -0.337. The van der Waals surface area contributed by atoms with Gasteiger partial charge in [0, 0.05) is 19.2 Å². The zero-order chi connectivity index (χ0) is 15.1. The van der Waals surface area contributed by atoms with Crippen molar-refractivity contribution in [3.63, 3.8) is 0 Å². The molecule has 0 fully saturated rings. The number of nitrogens with one attached hydrogen (secondary N) is 1. The van der Waals surface area contributed by atoms with Crippen LogP contribution in [0.1, 0.15) is 30.1 Å². The van der Waals surface area contributed by atoms with Crippen LogP contribution in [-0.2, 0) is 0 Å². The number of nitro benzene ring substituents is 1. The predicted molar refractivity (Wildman–Crippen MR) is 74.0 cm³/mol. The molecule has 110 valence electrons. The molecule has 0 saturated carbocycles. The van der Waals surface area contributed by atoms with E-state index in [1.807, 2.05) is 6.92 Å². The van der Waals surface area contributed by atoms with Crippen LogP contribution in [-0.4, -0.2) is 34.3 Å². The summed E-state index contributed by atoms with van der Waals surface area (Å²) in [6, 6.07) is 3.94. The number of aliphatic hydroxyl groups is 1. The number of aromatic carboxylic acids is 1.